The average molecular weight is 380 g/mol. The summed E-state index contributed by atoms with van der Waals surface area (Å²) in [6.45, 7) is 6.42. The quantitative estimate of drug-likeness (QED) is 0.848. The first-order chi connectivity index (χ1) is 12.6. The van der Waals surface area contributed by atoms with E-state index in [4.69, 9.17) is 16.3 Å². The topological polar surface area (TPSA) is 44.8 Å². The van der Waals surface area contributed by atoms with Gasteiger partial charge in [0.05, 0.1) is 18.8 Å². The minimum Gasteiger partial charge on any atom is -0.495 e. The van der Waals surface area contributed by atoms with Crippen LogP contribution in [0.3, 0.4) is 0 Å². The molecular formula is C20H30ClN3O2. The fourth-order valence-corrected chi connectivity index (χ4v) is 4.27. The Morgan fingerprint density at radius 3 is 2.54 bits per heavy atom. The van der Waals surface area contributed by atoms with E-state index in [-0.39, 0.29) is 11.9 Å². The summed E-state index contributed by atoms with van der Waals surface area (Å²) in [6, 6.07) is 5.78. The highest BCUT2D eigenvalue weighted by Gasteiger charge is 2.30. The third-order valence-corrected chi connectivity index (χ3v) is 5.99. The van der Waals surface area contributed by atoms with Crippen molar-refractivity contribution in [1.82, 2.24) is 9.80 Å². The van der Waals surface area contributed by atoms with E-state index in [1.165, 1.54) is 32.4 Å². The summed E-state index contributed by atoms with van der Waals surface area (Å²) in [7, 11) is 1.59. The monoisotopic (exact) mass is 379 g/mol. The fourth-order valence-electron chi connectivity index (χ4n) is 4.10. The van der Waals surface area contributed by atoms with Gasteiger partial charge in [0.15, 0.2) is 0 Å². The van der Waals surface area contributed by atoms with E-state index in [2.05, 4.69) is 15.1 Å². The van der Waals surface area contributed by atoms with Crippen molar-refractivity contribution >= 4 is 23.2 Å². The first-order valence-corrected chi connectivity index (χ1v) is 10.1. The van der Waals surface area contributed by atoms with E-state index < -0.39 is 0 Å². The predicted molar refractivity (Wildman–Crippen MR) is 106 cm³/mol. The molecule has 2 saturated heterocycles. The molecule has 0 saturated carbocycles. The molecule has 0 aliphatic carbocycles. The number of methoxy groups -OCH3 is 1. The number of hydrogen-bond donors (Lipinski definition) is 1. The summed E-state index contributed by atoms with van der Waals surface area (Å²) in [5.41, 5.74) is 0.625. The number of rotatable bonds is 5. The van der Waals surface area contributed by atoms with Crippen molar-refractivity contribution in [3.8, 4) is 5.75 Å². The van der Waals surface area contributed by atoms with E-state index >= 15 is 0 Å². The molecule has 6 heteroatoms. The lowest BCUT2D eigenvalue weighted by molar-refractivity contribution is -0.121. The number of anilines is 1. The highest BCUT2D eigenvalue weighted by atomic mass is 35.5. The van der Waals surface area contributed by atoms with Crippen LogP contribution >= 0.6 is 11.6 Å². The summed E-state index contributed by atoms with van der Waals surface area (Å²) < 4.78 is 5.32. The molecule has 3 rings (SSSR count). The standard InChI is InChI=1S/C20H30ClN3O2/c1-15(20(25)22-18-14-16(21)6-7-19(18)26-2)23-12-8-17(9-13-23)24-10-4-3-5-11-24/h6-7,14-15,17H,3-5,8-13H2,1-2H3,(H,22,25). The van der Waals surface area contributed by atoms with Gasteiger partial charge in [0.1, 0.15) is 5.75 Å². The molecule has 0 radical (unpaired) electrons. The number of carbonyl (C=O) groups is 1. The van der Waals surface area contributed by atoms with Crippen molar-refractivity contribution in [2.75, 3.05) is 38.6 Å². The normalized spacial score (nSPS) is 21.3. The number of likely N-dealkylation sites (tertiary alicyclic amines) is 2. The second-order valence-corrected chi connectivity index (χ2v) is 7.81. The van der Waals surface area contributed by atoms with E-state index in [0.29, 0.717) is 22.5 Å². The summed E-state index contributed by atoms with van der Waals surface area (Å²) in [5.74, 6) is 0.612. The van der Waals surface area contributed by atoms with Crippen LogP contribution in [0, 0.1) is 0 Å². The molecule has 2 fully saturated rings. The Morgan fingerprint density at radius 1 is 1.19 bits per heavy atom. The largest absolute Gasteiger partial charge is 0.495 e. The van der Waals surface area contributed by atoms with Crippen LogP contribution in [0.1, 0.15) is 39.0 Å². The van der Waals surface area contributed by atoms with Crippen molar-refractivity contribution in [1.29, 1.82) is 0 Å². The number of hydrogen-bond acceptors (Lipinski definition) is 4. The van der Waals surface area contributed by atoms with Crippen molar-refractivity contribution in [3.63, 3.8) is 0 Å². The lowest BCUT2D eigenvalue weighted by atomic mass is 9.99. The van der Waals surface area contributed by atoms with Gasteiger partial charge in [-0.2, -0.15) is 0 Å². The van der Waals surface area contributed by atoms with Crippen molar-refractivity contribution < 1.29 is 9.53 Å². The number of piperidine rings is 2. The summed E-state index contributed by atoms with van der Waals surface area (Å²) in [4.78, 5) is 17.7. The Bertz CT molecular complexity index is 611. The molecule has 1 unspecified atom stereocenters. The Labute approximate surface area is 161 Å². The number of halogens is 1. The molecule has 2 heterocycles. The highest BCUT2D eigenvalue weighted by molar-refractivity contribution is 6.31. The molecule has 0 bridgehead atoms. The molecule has 1 atom stereocenters. The predicted octanol–water partition coefficient (Wildman–Crippen LogP) is 3.63. The number of carbonyl (C=O) groups excluding carboxylic acids is 1. The van der Waals surface area contributed by atoms with Gasteiger partial charge < -0.3 is 15.0 Å². The van der Waals surface area contributed by atoms with E-state index in [0.717, 1.165) is 25.9 Å². The van der Waals surface area contributed by atoms with Crippen LogP contribution in [-0.4, -0.2) is 61.1 Å². The summed E-state index contributed by atoms with van der Waals surface area (Å²) in [5, 5.41) is 3.55. The van der Waals surface area contributed by atoms with Crippen LogP contribution < -0.4 is 10.1 Å². The third kappa shape index (κ3) is 4.70. The minimum atomic E-state index is -0.166. The Morgan fingerprint density at radius 2 is 1.88 bits per heavy atom. The van der Waals surface area contributed by atoms with Gasteiger partial charge in [0.2, 0.25) is 5.91 Å². The third-order valence-electron chi connectivity index (χ3n) is 5.75. The van der Waals surface area contributed by atoms with Crippen molar-refractivity contribution in [2.45, 2.75) is 51.1 Å². The maximum atomic E-state index is 12.7. The Hall–Kier alpha value is -1.30. The van der Waals surface area contributed by atoms with Crippen LogP contribution in [0.2, 0.25) is 5.02 Å². The van der Waals surface area contributed by atoms with Gasteiger partial charge in [0, 0.05) is 24.2 Å². The van der Waals surface area contributed by atoms with Gasteiger partial charge in [-0.05, 0) is 63.9 Å². The van der Waals surface area contributed by atoms with Gasteiger partial charge in [-0.1, -0.05) is 18.0 Å². The number of ether oxygens (including phenoxy) is 1. The van der Waals surface area contributed by atoms with Crippen molar-refractivity contribution in [3.05, 3.63) is 23.2 Å². The van der Waals surface area contributed by atoms with Crippen molar-refractivity contribution in [2.24, 2.45) is 0 Å². The smallest absolute Gasteiger partial charge is 0.241 e. The van der Waals surface area contributed by atoms with E-state index in [9.17, 15) is 4.79 Å². The van der Waals surface area contributed by atoms with Gasteiger partial charge in [-0.25, -0.2) is 0 Å². The Kier molecular flexibility index (Phi) is 6.79. The number of nitrogens with one attached hydrogen (secondary N) is 1. The number of benzene rings is 1. The van der Waals surface area contributed by atoms with Crippen LogP contribution in [0.4, 0.5) is 5.69 Å². The number of amides is 1. The molecular weight excluding hydrogens is 350 g/mol. The molecule has 144 valence electrons. The lowest BCUT2D eigenvalue weighted by Crippen LogP contribution is -2.51. The van der Waals surface area contributed by atoms with Crippen LogP contribution in [0.15, 0.2) is 18.2 Å². The molecule has 2 aliphatic rings. The van der Waals surface area contributed by atoms with Gasteiger partial charge in [-0.15, -0.1) is 0 Å². The number of nitrogens with zero attached hydrogens (tertiary/aromatic N) is 2. The Balaban J connectivity index is 1.54. The molecule has 0 aromatic heterocycles. The maximum Gasteiger partial charge on any atom is 0.241 e. The van der Waals surface area contributed by atoms with Gasteiger partial charge >= 0.3 is 0 Å². The lowest BCUT2D eigenvalue weighted by Gasteiger charge is -2.41. The SMILES string of the molecule is COc1ccc(Cl)cc1NC(=O)C(C)N1CCC(N2CCCCC2)CC1. The van der Waals surface area contributed by atoms with Crippen LogP contribution in [0.25, 0.3) is 0 Å². The highest BCUT2D eigenvalue weighted by Crippen LogP contribution is 2.28. The molecule has 1 aromatic rings. The zero-order chi connectivity index (χ0) is 18.5. The zero-order valence-electron chi connectivity index (χ0n) is 15.8. The molecule has 1 N–H and O–H groups in total. The van der Waals surface area contributed by atoms with Crippen LogP contribution in [0.5, 0.6) is 5.75 Å². The molecule has 5 nitrogen and oxygen atoms in total. The first kappa shape index (κ1) is 19.5. The van der Waals surface area contributed by atoms with E-state index in [1.54, 1.807) is 25.3 Å². The molecule has 1 aromatic carbocycles. The molecule has 2 aliphatic heterocycles. The molecule has 1 amide bonds. The van der Waals surface area contributed by atoms with E-state index in [1.807, 2.05) is 6.92 Å². The summed E-state index contributed by atoms with van der Waals surface area (Å²) >= 11 is 6.05. The van der Waals surface area contributed by atoms with Gasteiger partial charge in [-0.3, -0.25) is 9.69 Å². The maximum absolute atomic E-state index is 12.7. The average Bonchev–Trinajstić information content (AvgIpc) is 2.68. The minimum absolute atomic E-state index is 0.0120. The molecule has 0 spiro atoms. The van der Waals surface area contributed by atoms with Gasteiger partial charge in [0.25, 0.3) is 0 Å². The summed E-state index contributed by atoms with van der Waals surface area (Å²) in [6.07, 6.45) is 6.34. The second-order valence-electron chi connectivity index (χ2n) is 7.37. The second kappa shape index (κ2) is 9.07. The zero-order valence-corrected chi connectivity index (χ0v) is 16.6. The molecule has 26 heavy (non-hydrogen) atoms. The van der Waals surface area contributed by atoms with Crippen LogP contribution in [-0.2, 0) is 4.79 Å². The first-order valence-electron chi connectivity index (χ1n) is 9.71. The fraction of sp³-hybridized carbons (Fsp3) is 0.650.